The molecule has 33 heavy (non-hydrogen) atoms. The second-order valence-electron chi connectivity index (χ2n) is 8.01. The van der Waals surface area contributed by atoms with Crippen LogP contribution in [-0.2, 0) is 4.79 Å². The molecule has 0 amide bonds. The number of aliphatic hydroxyl groups excluding tert-OH is 2. The first kappa shape index (κ1) is 27.4. The SMILES string of the molecule is CC(C)c1sc(-c2ccccc2)c(-c2cccc(F)c2)c1/C=C/[C@@H](O)C[C@@H](O)CC(=O)[O-].[Na+]. The summed E-state index contributed by atoms with van der Waals surface area (Å²) in [7, 11) is 0. The van der Waals surface area contributed by atoms with Gasteiger partial charge >= 0.3 is 29.6 Å². The maximum absolute atomic E-state index is 14.1. The molecule has 7 heteroatoms. The third kappa shape index (κ3) is 7.34. The molecular weight excluding hydrogens is 450 g/mol. The number of benzene rings is 2. The van der Waals surface area contributed by atoms with Gasteiger partial charge in [-0.15, -0.1) is 11.3 Å². The van der Waals surface area contributed by atoms with Crippen molar-refractivity contribution in [1.82, 2.24) is 0 Å². The van der Waals surface area contributed by atoms with E-state index in [0.29, 0.717) is 0 Å². The molecule has 0 saturated heterocycles. The summed E-state index contributed by atoms with van der Waals surface area (Å²) in [4.78, 5) is 12.7. The summed E-state index contributed by atoms with van der Waals surface area (Å²) in [6.07, 6.45) is 0.442. The van der Waals surface area contributed by atoms with Crippen molar-refractivity contribution in [2.75, 3.05) is 0 Å². The number of rotatable bonds is 9. The summed E-state index contributed by atoms with van der Waals surface area (Å²) >= 11 is 1.63. The van der Waals surface area contributed by atoms with E-state index in [1.807, 2.05) is 36.4 Å². The van der Waals surface area contributed by atoms with E-state index in [1.165, 1.54) is 12.1 Å². The van der Waals surface area contributed by atoms with Gasteiger partial charge < -0.3 is 20.1 Å². The molecule has 4 nitrogen and oxygen atoms in total. The number of thiophene rings is 1. The summed E-state index contributed by atoms with van der Waals surface area (Å²) in [6.45, 7) is 4.15. The fourth-order valence-electron chi connectivity index (χ4n) is 3.62. The maximum Gasteiger partial charge on any atom is 1.00 e. The molecule has 3 aromatic rings. The molecule has 2 N–H and O–H groups in total. The van der Waals surface area contributed by atoms with E-state index >= 15 is 0 Å². The number of aliphatic hydroxyl groups is 2. The van der Waals surface area contributed by atoms with Crippen LogP contribution >= 0.6 is 11.3 Å². The van der Waals surface area contributed by atoms with E-state index < -0.39 is 24.6 Å². The number of carbonyl (C=O) groups is 1. The predicted octanol–water partition coefficient (Wildman–Crippen LogP) is 1.61. The van der Waals surface area contributed by atoms with Gasteiger partial charge in [0.05, 0.1) is 12.2 Å². The van der Waals surface area contributed by atoms with E-state index in [1.54, 1.807) is 29.6 Å². The molecule has 0 fully saturated rings. The topological polar surface area (TPSA) is 80.6 Å². The summed E-state index contributed by atoms with van der Waals surface area (Å²) < 4.78 is 14.1. The van der Waals surface area contributed by atoms with Crippen molar-refractivity contribution >= 4 is 23.4 Å². The van der Waals surface area contributed by atoms with Gasteiger partial charge in [0, 0.05) is 34.1 Å². The minimum atomic E-state index is -1.37. The third-order valence-electron chi connectivity index (χ3n) is 5.05. The predicted molar refractivity (Wildman–Crippen MR) is 125 cm³/mol. The van der Waals surface area contributed by atoms with Gasteiger partial charge in [-0.1, -0.05) is 68.5 Å². The Morgan fingerprint density at radius 2 is 1.76 bits per heavy atom. The summed E-state index contributed by atoms with van der Waals surface area (Å²) in [6, 6.07) is 16.3. The Bertz CT molecular complexity index is 1090. The van der Waals surface area contributed by atoms with Gasteiger partial charge in [0.2, 0.25) is 0 Å². The van der Waals surface area contributed by atoms with Crippen LogP contribution in [0.4, 0.5) is 4.39 Å². The molecule has 1 aromatic heterocycles. The molecule has 0 saturated carbocycles. The summed E-state index contributed by atoms with van der Waals surface area (Å²) in [5, 5.41) is 30.8. The van der Waals surface area contributed by atoms with E-state index in [2.05, 4.69) is 13.8 Å². The number of carbonyl (C=O) groups excluding carboxylic acids is 1. The Hall–Kier alpha value is -1.80. The number of aliphatic carboxylic acids is 1. The van der Waals surface area contributed by atoms with Crippen LogP contribution in [0.3, 0.4) is 0 Å². The van der Waals surface area contributed by atoms with Gasteiger partial charge in [-0.2, -0.15) is 0 Å². The second kappa shape index (κ2) is 12.6. The van der Waals surface area contributed by atoms with Crippen molar-refractivity contribution in [3.8, 4) is 21.6 Å². The monoisotopic (exact) mass is 476 g/mol. The Balaban J connectivity index is 0.00000385. The van der Waals surface area contributed by atoms with Crippen LogP contribution in [0, 0.1) is 5.82 Å². The van der Waals surface area contributed by atoms with Crippen molar-refractivity contribution in [3.63, 3.8) is 0 Å². The number of hydrogen-bond donors (Lipinski definition) is 2. The fourth-order valence-corrected chi connectivity index (χ4v) is 4.94. The molecule has 168 valence electrons. The van der Waals surface area contributed by atoms with Crippen molar-refractivity contribution in [2.45, 2.75) is 44.8 Å². The zero-order valence-electron chi connectivity index (χ0n) is 19.0. The molecule has 0 spiro atoms. The van der Waals surface area contributed by atoms with E-state index in [0.717, 1.165) is 32.0 Å². The summed E-state index contributed by atoms with van der Waals surface area (Å²) in [5.74, 6) is -1.51. The van der Waals surface area contributed by atoms with Gasteiger partial charge in [0.1, 0.15) is 5.82 Å². The standard InChI is InChI=1S/C26H27FO4S.Na/c1-16(2)25-22(12-11-20(28)14-21(29)15-23(30)31)24(18-9-6-10-19(27)13-18)26(32-25)17-7-4-3-5-8-17;/h3-13,16,20-21,28-29H,14-15H2,1-2H3,(H,30,31);/q;+1/p-1/b12-11+;/t20-,21-;/m1./s1. The normalized spacial score (nSPS) is 13.2. The molecule has 0 unspecified atom stereocenters. The maximum atomic E-state index is 14.1. The largest absolute Gasteiger partial charge is 1.00 e. The van der Waals surface area contributed by atoms with E-state index in [-0.39, 0.29) is 47.7 Å². The van der Waals surface area contributed by atoms with Crippen molar-refractivity contribution in [1.29, 1.82) is 0 Å². The van der Waals surface area contributed by atoms with Gasteiger partial charge in [-0.25, -0.2) is 4.39 Å². The van der Waals surface area contributed by atoms with Crippen molar-refractivity contribution in [2.24, 2.45) is 0 Å². The smallest absolute Gasteiger partial charge is 0.550 e. The van der Waals surface area contributed by atoms with Gasteiger partial charge in [-0.3, -0.25) is 0 Å². The number of halogens is 1. The van der Waals surface area contributed by atoms with Gasteiger partial charge in [-0.05, 0) is 34.7 Å². The van der Waals surface area contributed by atoms with Crippen LogP contribution in [0.25, 0.3) is 27.6 Å². The zero-order chi connectivity index (χ0) is 23.3. The first-order chi connectivity index (χ1) is 15.3. The van der Waals surface area contributed by atoms with Crippen LogP contribution in [0.1, 0.15) is 43.0 Å². The Morgan fingerprint density at radius 3 is 2.36 bits per heavy atom. The minimum Gasteiger partial charge on any atom is -0.550 e. The average Bonchev–Trinajstić information content (AvgIpc) is 3.12. The zero-order valence-corrected chi connectivity index (χ0v) is 21.8. The molecule has 3 rings (SSSR count). The molecule has 1 heterocycles. The van der Waals surface area contributed by atoms with Gasteiger partial charge in [0.25, 0.3) is 0 Å². The van der Waals surface area contributed by atoms with Crippen LogP contribution < -0.4 is 34.7 Å². The molecule has 0 aliphatic heterocycles. The van der Waals surface area contributed by atoms with Crippen molar-refractivity contribution < 1.29 is 54.1 Å². The fraction of sp³-hybridized carbons (Fsp3) is 0.269. The average molecular weight is 477 g/mol. The van der Waals surface area contributed by atoms with E-state index in [4.69, 9.17) is 0 Å². The minimum absolute atomic E-state index is 0. The Morgan fingerprint density at radius 1 is 1.09 bits per heavy atom. The Kier molecular flexibility index (Phi) is 10.5. The third-order valence-corrected chi connectivity index (χ3v) is 6.60. The molecule has 0 aliphatic carbocycles. The van der Waals surface area contributed by atoms with Crippen LogP contribution in [0.15, 0.2) is 60.7 Å². The summed E-state index contributed by atoms with van der Waals surface area (Å²) in [5.41, 5.74) is 3.51. The molecule has 0 radical (unpaired) electrons. The van der Waals surface area contributed by atoms with Crippen molar-refractivity contribution in [3.05, 3.63) is 76.9 Å². The second-order valence-corrected chi connectivity index (χ2v) is 9.06. The molecule has 0 bridgehead atoms. The number of carboxylic acid groups (broad SMARTS) is 1. The first-order valence-corrected chi connectivity index (χ1v) is 11.3. The first-order valence-electron chi connectivity index (χ1n) is 10.5. The number of carboxylic acids is 1. The van der Waals surface area contributed by atoms with E-state index in [9.17, 15) is 24.5 Å². The molecular formula is C26H26FNaO4S. The number of hydrogen-bond acceptors (Lipinski definition) is 5. The van der Waals surface area contributed by atoms with Crippen LogP contribution in [0.2, 0.25) is 0 Å². The quantitative estimate of drug-likeness (QED) is 0.460. The molecule has 2 atom stereocenters. The van der Waals surface area contributed by atoms with Crippen LogP contribution in [-0.4, -0.2) is 28.4 Å². The Labute approximate surface area is 219 Å². The molecule has 2 aromatic carbocycles. The molecule has 0 aliphatic rings. The van der Waals surface area contributed by atoms with Crippen LogP contribution in [0.5, 0.6) is 0 Å². The van der Waals surface area contributed by atoms with Gasteiger partial charge in [0.15, 0.2) is 0 Å².